The van der Waals surface area contributed by atoms with Crippen LogP contribution in [0.1, 0.15) is 11.4 Å². The summed E-state index contributed by atoms with van der Waals surface area (Å²) in [6.07, 6.45) is 3.10. The van der Waals surface area contributed by atoms with Crippen LogP contribution in [0.25, 0.3) is 11.2 Å². The molecule has 0 aliphatic carbocycles. The van der Waals surface area contributed by atoms with Gasteiger partial charge in [0.25, 0.3) is 0 Å². The van der Waals surface area contributed by atoms with Crippen LogP contribution in [0.3, 0.4) is 0 Å². The van der Waals surface area contributed by atoms with Gasteiger partial charge in [-0.1, -0.05) is 11.6 Å². The van der Waals surface area contributed by atoms with E-state index >= 15 is 0 Å². The first-order chi connectivity index (χ1) is 9.69. The number of fused-ring (bicyclic) bond motifs is 1. The molecule has 0 aliphatic heterocycles. The molecule has 3 rings (SSSR count). The Morgan fingerprint density at radius 1 is 1.25 bits per heavy atom. The van der Waals surface area contributed by atoms with E-state index in [-0.39, 0.29) is 0 Å². The molecule has 0 atom stereocenters. The summed E-state index contributed by atoms with van der Waals surface area (Å²) in [4.78, 5) is 16.9. The number of hydrogen-bond acceptors (Lipinski definition) is 5. The normalized spacial score (nSPS) is 10.9. The molecule has 0 fully saturated rings. The standard InChI is InChI=1S/C13H12ClN5O/c1-8-3-4-10(20-2)9(18-8)5-19-7-17-11-12(14)15-6-16-13(11)19/h3-4,6-7H,5H2,1-2H3. The first-order valence-electron chi connectivity index (χ1n) is 6.01. The smallest absolute Gasteiger partial charge is 0.165 e. The highest BCUT2D eigenvalue weighted by Gasteiger charge is 2.11. The second-order valence-electron chi connectivity index (χ2n) is 4.31. The van der Waals surface area contributed by atoms with Gasteiger partial charge in [-0.2, -0.15) is 0 Å². The van der Waals surface area contributed by atoms with Crippen molar-refractivity contribution < 1.29 is 4.74 Å². The SMILES string of the molecule is COc1ccc(C)nc1Cn1cnc2c(Cl)ncnc21. The van der Waals surface area contributed by atoms with Crippen molar-refractivity contribution in [2.75, 3.05) is 7.11 Å². The van der Waals surface area contributed by atoms with Crippen LogP contribution in [-0.2, 0) is 6.54 Å². The molecular weight excluding hydrogens is 278 g/mol. The Morgan fingerprint density at radius 3 is 2.90 bits per heavy atom. The second kappa shape index (κ2) is 5.05. The van der Waals surface area contributed by atoms with Crippen LogP contribution >= 0.6 is 11.6 Å². The van der Waals surface area contributed by atoms with E-state index in [1.54, 1.807) is 13.4 Å². The van der Waals surface area contributed by atoms with Gasteiger partial charge in [-0.3, -0.25) is 4.98 Å². The third-order valence-electron chi connectivity index (χ3n) is 2.97. The minimum Gasteiger partial charge on any atom is -0.495 e. The van der Waals surface area contributed by atoms with Gasteiger partial charge in [-0.05, 0) is 19.1 Å². The zero-order valence-corrected chi connectivity index (χ0v) is 11.8. The van der Waals surface area contributed by atoms with Gasteiger partial charge in [0, 0.05) is 5.69 Å². The predicted octanol–water partition coefficient (Wildman–Crippen LogP) is 2.24. The van der Waals surface area contributed by atoms with Gasteiger partial charge in [-0.15, -0.1) is 0 Å². The number of imidazole rings is 1. The highest BCUT2D eigenvalue weighted by Crippen LogP contribution is 2.21. The van der Waals surface area contributed by atoms with E-state index in [2.05, 4.69) is 19.9 Å². The molecule has 0 amide bonds. The van der Waals surface area contributed by atoms with Gasteiger partial charge in [-0.25, -0.2) is 15.0 Å². The average molecular weight is 290 g/mol. The average Bonchev–Trinajstić information content (AvgIpc) is 2.84. The van der Waals surface area contributed by atoms with Gasteiger partial charge >= 0.3 is 0 Å². The van der Waals surface area contributed by atoms with Crippen molar-refractivity contribution in [2.24, 2.45) is 0 Å². The van der Waals surface area contributed by atoms with Crippen LogP contribution < -0.4 is 4.74 Å². The summed E-state index contributed by atoms with van der Waals surface area (Å²) >= 11 is 5.99. The zero-order valence-electron chi connectivity index (χ0n) is 11.0. The molecular formula is C13H12ClN5O. The van der Waals surface area contributed by atoms with Crippen molar-refractivity contribution in [1.82, 2.24) is 24.5 Å². The number of ether oxygens (including phenoxy) is 1. The van der Waals surface area contributed by atoms with Crippen LogP contribution in [0.4, 0.5) is 0 Å². The monoisotopic (exact) mass is 289 g/mol. The molecule has 0 bridgehead atoms. The molecule has 0 saturated heterocycles. The molecule has 0 unspecified atom stereocenters. The van der Waals surface area contributed by atoms with E-state index in [0.29, 0.717) is 22.9 Å². The number of halogens is 1. The molecule has 102 valence electrons. The van der Waals surface area contributed by atoms with Gasteiger partial charge in [0.1, 0.15) is 23.3 Å². The third-order valence-corrected chi connectivity index (χ3v) is 3.24. The lowest BCUT2D eigenvalue weighted by atomic mass is 10.3. The Balaban J connectivity index is 2.06. The van der Waals surface area contributed by atoms with E-state index in [1.807, 2.05) is 23.6 Å². The lowest BCUT2D eigenvalue weighted by Crippen LogP contribution is -2.05. The van der Waals surface area contributed by atoms with Gasteiger partial charge in [0.2, 0.25) is 0 Å². The lowest BCUT2D eigenvalue weighted by molar-refractivity contribution is 0.405. The predicted molar refractivity (Wildman–Crippen MR) is 75.0 cm³/mol. The van der Waals surface area contributed by atoms with Crippen LogP contribution in [0.2, 0.25) is 5.15 Å². The summed E-state index contributed by atoms with van der Waals surface area (Å²) in [6, 6.07) is 3.81. The maximum atomic E-state index is 5.99. The summed E-state index contributed by atoms with van der Waals surface area (Å²) in [5.74, 6) is 0.734. The van der Waals surface area contributed by atoms with Gasteiger partial charge in [0.05, 0.1) is 20.0 Å². The maximum Gasteiger partial charge on any atom is 0.165 e. The number of rotatable bonds is 3. The summed E-state index contributed by atoms with van der Waals surface area (Å²) < 4.78 is 7.20. The van der Waals surface area contributed by atoms with Crippen LogP contribution in [0.5, 0.6) is 5.75 Å². The molecule has 3 aromatic heterocycles. The fourth-order valence-corrected chi connectivity index (χ4v) is 2.20. The number of nitrogens with zero attached hydrogens (tertiary/aromatic N) is 5. The van der Waals surface area contributed by atoms with Crippen molar-refractivity contribution >= 4 is 22.8 Å². The first-order valence-corrected chi connectivity index (χ1v) is 6.38. The van der Waals surface area contributed by atoms with E-state index in [9.17, 15) is 0 Å². The molecule has 0 aliphatic rings. The number of methoxy groups -OCH3 is 1. The van der Waals surface area contributed by atoms with Crippen molar-refractivity contribution in [2.45, 2.75) is 13.5 Å². The van der Waals surface area contributed by atoms with Crippen molar-refractivity contribution in [3.8, 4) is 5.75 Å². The quantitative estimate of drug-likeness (QED) is 0.692. The summed E-state index contributed by atoms with van der Waals surface area (Å²) in [5.41, 5.74) is 3.01. The summed E-state index contributed by atoms with van der Waals surface area (Å²) in [6.45, 7) is 2.45. The van der Waals surface area contributed by atoms with Crippen molar-refractivity contribution in [3.05, 3.63) is 41.3 Å². The van der Waals surface area contributed by atoms with E-state index in [0.717, 1.165) is 17.1 Å². The minimum absolute atomic E-state index is 0.345. The number of aryl methyl sites for hydroxylation is 1. The minimum atomic E-state index is 0.345. The molecule has 6 nitrogen and oxygen atoms in total. The highest BCUT2D eigenvalue weighted by molar-refractivity contribution is 6.33. The molecule has 0 N–H and O–H groups in total. The Bertz CT molecular complexity index is 771. The largest absolute Gasteiger partial charge is 0.495 e. The number of hydrogen-bond donors (Lipinski definition) is 0. The van der Waals surface area contributed by atoms with Crippen LogP contribution in [0, 0.1) is 6.92 Å². The van der Waals surface area contributed by atoms with E-state index in [4.69, 9.17) is 16.3 Å². The Morgan fingerprint density at radius 2 is 2.10 bits per heavy atom. The Kier molecular flexibility index (Phi) is 3.23. The molecule has 3 aromatic rings. The fraction of sp³-hybridized carbons (Fsp3) is 0.231. The van der Waals surface area contributed by atoms with Crippen LogP contribution in [-0.4, -0.2) is 31.6 Å². The fourth-order valence-electron chi connectivity index (χ4n) is 2.03. The van der Waals surface area contributed by atoms with Crippen molar-refractivity contribution in [1.29, 1.82) is 0 Å². The zero-order chi connectivity index (χ0) is 14.1. The molecule has 3 heterocycles. The van der Waals surface area contributed by atoms with Gasteiger partial charge < -0.3 is 9.30 Å². The summed E-state index contributed by atoms with van der Waals surface area (Å²) in [7, 11) is 1.63. The molecule has 0 spiro atoms. The topological polar surface area (TPSA) is 65.7 Å². The second-order valence-corrected chi connectivity index (χ2v) is 4.67. The highest BCUT2D eigenvalue weighted by atomic mass is 35.5. The Hall–Kier alpha value is -2.21. The van der Waals surface area contributed by atoms with Crippen LogP contribution in [0.15, 0.2) is 24.8 Å². The third kappa shape index (κ3) is 2.18. The molecule has 0 radical (unpaired) electrons. The molecule has 20 heavy (non-hydrogen) atoms. The van der Waals surface area contributed by atoms with Crippen molar-refractivity contribution in [3.63, 3.8) is 0 Å². The molecule has 0 aromatic carbocycles. The molecule has 7 heteroatoms. The number of pyridine rings is 1. The van der Waals surface area contributed by atoms with E-state index < -0.39 is 0 Å². The summed E-state index contributed by atoms with van der Waals surface area (Å²) in [5, 5.41) is 0.345. The maximum absolute atomic E-state index is 5.99. The Labute approximate surface area is 120 Å². The van der Waals surface area contributed by atoms with E-state index in [1.165, 1.54) is 6.33 Å². The molecule has 0 saturated carbocycles. The number of aromatic nitrogens is 5. The lowest BCUT2D eigenvalue weighted by Gasteiger charge is -2.09. The van der Waals surface area contributed by atoms with Gasteiger partial charge in [0.15, 0.2) is 10.8 Å². The first kappa shape index (κ1) is 12.8.